The Bertz CT molecular complexity index is 1690. The van der Waals surface area contributed by atoms with E-state index in [-0.39, 0.29) is 40.3 Å². The van der Waals surface area contributed by atoms with E-state index >= 15 is 0 Å². The van der Waals surface area contributed by atoms with Gasteiger partial charge in [-0.2, -0.15) is 13.2 Å². The molecule has 0 aliphatic rings. The summed E-state index contributed by atoms with van der Waals surface area (Å²) in [5.41, 5.74) is 1.36. The lowest BCUT2D eigenvalue weighted by Gasteiger charge is -2.29. The smallest absolute Gasteiger partial charge is 0.417 e. The van der Waals surface area contributed by atoms with Crippen molar-refractivity contribution in [2.45, 2.75) is 30.0 Å². The molecule has 0 aliphatic carbocycles. The largest absolute Gasteiger partial charge is 0.504 e. The summed E-state index contributed by atoms with van der Waals surface area (Å²) in [5.74, 6) is -0.862. The van der Waals surface area contributed by atoms with Crippen molar-refractivity contribution in [2.24, 2.45) is 0 Å². The summed E-state index contributed by atoms with van der Waals surface area (Å²) < 4.78 is 91.2. The van der Waals surface area contributed by atoms with Crippen LogP contribution < -0.4 is 4.74 Å². The van der Waals surface area contributed by atoms with Crippen LogP contribution in [-0.4, -0.2) is 46.4 Å². The quantitative estimate of drug-likeness (QED) is 0.0761. The fraction of sp³-hybridized carbons (Fsp3) is 0.257. The van der Waals surface area contributed by atoms with Gasteiger partial charge in [-0.15, -0.1) is 0 Å². The summed E-state index contributed by atoms with van der Waals surface area (Å²) in [7, 11) is -2.44. The van der Waals surface area contributed by atoms with Gasteiger partial charge in [-0.1, -0.05) is 84.4 Å². The van der Waals surface area contributed by atoms with Crippen LogP contribution in [0.5, 0.6) is 5.75 Å². The van der Waals surface area contributed by atoms with Gasteiger partial charge in [-0.25, -0.2) is 12.8 Å². The zero-order chi connectivity index (χ0) is 33.3. The fourth-order valence-corrected chi connectivity index (χ4v) is 6.35. The lowest BCUT2D eigenvalue weighted by molar-refractivity contribution is -0.137. The molecule has 46 heavy (non-hydrogen) atoms. The molecule has 0 atom stereocenters. The Morgan fingerprint density at radius 2 is 1.57 bits per heavy atom. The van der Waals surface area contributed by atoms with Gasteiger partial charge in [0.25, 0.3) is 0 Å². The maximum Gasteiger partial charge on any atom is 0.417 e. The lowest BCUT2D eigenvalue weighted by Crippen LogP contribution is -2.31. The van der Waals surface area contributed by atoms with Crippen LogP contribution in [-0.2, 0) is 27.3 Å². The molecule has 4 rings (SSSR count). The second kappa shape index (κ2) is 15.6. The highest BCUT2D eigenvalue weighted by molar-refractivity contribution is 7.90. The highest BCUT2D eigenvalue weighted by atomic mass is 35.5. The molecular formula is C35H34ClF4NO4S. The average molecular weight is 676 g/mol. The Morgan fingerprint density at radius 3 is 2.13 bits per heavy atom. The summed E-state index contributed by atoms with van der Waals surface area (Å²) >= 11 is 6.29. The van der Waals surface area contributed by atoms with Gasteiger partial charge in [-0.3, -0.25) is 4.90 Å². The molecule has 0 N–H and O–H groups in total. The second-order valence-electron chi connectivity index (χ2n) is 10.7. The standard InChI is InChI=1S/C35H34ClF4NO4S/c1-44-20-17-29-32(37)21-28(22-33(29)46(2,42)43)45-19-10-18-41(23-27-15-9-16-31(34(27)36)35(38,39)40)24-30(25-11-5-3-6-12-25)26-13-7-4-8-14-26/h3-9,11-17,20-22,30H,10,18-19,23-24H2,1-2H3/b20-17+. The first kappa shape index (κ1) is 35.0. The topological polar surface area (TPSA) is 55.8 Å². The first-order valence-electron chi connectivity index (χ1n) is 14.4. The van der Waals surface area contributed by atoms with E-state index in [4.69, 9.17) is 21.1 Å². The normalized spacial score (nSPS) is 12.3. The molecule has 0 aromatic heterocycles. The van der Waals surface area contributed by atoms with E-state index in [1.54, 1.807) is 6.07 Å². The van der Waals surface area contributed by atoms with Crippen LogP contribution >= 0.6 is 11.6 Å². The van der Waals surface area contributed by atoms with Crippen LogP contribution in [0.2, 0.25) is 5.02 Å². The van der Waals surface area contributed by atoms with Crippen LogP contribution in [0.4, 0.5) is 17.6 Å². The highest BCUT2D eigenvalue weighted by Crippen LogP contribution is 2.37. The van der Waals surface area contributed by atoms with Gasteiger partial charge in [0, 0.05) is 43.4 Å². The number of benzene rings is 4. The fourth-order valence-electron chi connectivity index (χ4n) is 5.16. The minimum Gasteiger partial charge on any atom is -0.504 e. The lowest BCUT2D eigenvalue weighted by atomic mass is 9.90. The molecule has 0 amide bonds. The molecule has 0 bridgehead atoms. The predicted molar refractivity (Wildman–Crippen MR) is 172 cm³/mol. The van der Waals surface area contributed by atoms with Gasteiger partial charge in [0.2, 0.25) is 0 Å². The zero-order valence-electron chi connectivity index (χ0n) is 25.3. The zero-order valence-corrected chi connectivity index (χ0v) is 26.9. The highest BCUT2D eigenvalue weighted by Gasteiger charge is 2.34. The Balaban J connectivity index is 1.59. The number of nitrogens with zero attached hydrogens (tertiary/aromatic N) is 1. The van der Waals surface area contributed by atoms with Crippen LogP contribution in [0.15, 0.2) is 102 Å². The summed E-state index contributed by atoms with van der Waals surface area (Å²) in [6.45, 7) is 1.06. The van der Waals surface area contributed by atoms with Crippen molar-refractivity contribution in [3.8, 4) is 5.75 Å². The van der Waals surface area contributed by atoms with Crippen LogP contribution in [0.3, 0.4) is 0 Å². The Labute approximate surface area is 272 Å². The van der Waals surface area contributed by atoms with E-state index in [1.165, 1.54) is 31.6 Å². The van der Waals surface area contributed by atoms with E-state index in [1.807, 2.05) is 65.6 Å². The third-order valence-corrected chi connectivity index (χ3v) is 8.93. The van der Waals surface area contributed by atoms with Crippen LogP contribution in [0.25, 0.3) is 6.08 Å². The van der Waals surface area contributed by atoms with Gasteiger partial charge in [-0.05, 0) is 41.3 Å². The van der Waals surface area contributed by atoms with Crippen molar-refractivity contribution in [2.75, 3.05) is 33.1 Å². The molecule has 0 radical (unpaired) electrons. The number of sulfone groups is 1. The number of rotatable bonds is 14. The summed E-state index contributed by atoms with van der Waals surface area (Å²) in [6.07, 6.45) is -0.826. The van der Waals surface area contributed by atoms with Crippen LogP contribution in [0.1, 0.15) is 40.2 Å². The number of halogens is 5. The minimum absolute atomic E-state index is 0.0337. The number of alkyl halides is 3. The molecule has 4 aromatic rings. The average Bonchev–Trinajstić information content (AvgIpc) is 3.01. The Kier molecular flexibility index (Phi) is 11.9. The third kappa shape index (κ3) is 9.34. The molecule has 4 aromatic carbocycles. The number of hydrogen-bond donors (Lipinski definition) is 0. The van der Waals surface area contributed by atoms with Gasteiger partial charge >= 0.3 is 6.18 Å². The molecule has 0 fully saturated rings. The maximum absolute atomic E-state index is 14.9. The van der Waals surface area contributed by atoms with E-state index in [0.29, 0.717) is 25.1 Å². The SMILES string of the molecule is CO/C=C/c1c(F)cc(OCCCN(Cc2cccc(C(F)(F)F)c2Cl)CC(c2ccccc2)c2ccccc2)cc1S(C)(=O)=O. The molecular weight excluding hydrogens is 642 g/mol. The molecule has 5 nitrogen and oxygen atoms in total. The molecule has 0 aliphatic heterocycles. The van der Waals surface area contributed by atoms with Crippen LogP contribution in [0, 0.1) is 5.82 Å². The van der Waals surface area contributed by atoms with E-state index in [0.717, 1.165) is 29.5 Å². The van der Waals surface area contributed by atoms with Crippen molar-refractivity contribution in [3.05, 3.63) is 136 Å². The van der Waals surface area contributed by atoms with Gasteiger partial charge in [0.1, 0.15) is 11.6 Å². The Morgan fingerprint density at radius 1 is 0.935 bits per heavy atom. The second-order valence-corrected chi connectivity index (χ2v) is 13.1. The molecule has 0 unspecified atom stereocenters. The summed E-state index contributed by atoms with van der Waals surface area (Å²) in [4.78, 5) is 1.77. The number of methoxy groups -OCH3 is 1. The third-order valence-electron chi connectivity index (χ3n) is 7.35. The summed E-state index contributed by atoms with van der Waals surface area (Å²) in [6, 6.07) is 25.9. The molecule has 0 saturated carbocycles. The first-order chi connectivity index (χ1) is 21.9. The summed E-state index contributed by atoms with van der Waals surface area (Å²) in [5, 5.41) is -0.349. The van der Waals surface area contributed by atoms with Gasteiger partial charge in [0.15, 0.2) is 9.84 Å². The first-order valence-corrected chi connectivity index (χ1v) is 16.7. The molecule has 11 heteroatoms. The predicted octanol–water partition coefficient (Wildman–Crippen LogP) is 8.62. The van der Waals surface area contributed by atoms with Gasteiger partial charge < -0.3 is 9.47 Å². The number of ether oxygens (including phenoxy) is 2. The molecule has 0 spiro atoms. The van der Waals surface area contributed by atoms with E-state index < -0.39 is 27.4 Å². The van der Waals surface area contributed by atoms with Crippen molar-refractivity contribution >= 4 is 27.5 Å². The van der Waals surface area contributed by atoms with Crippen molar-refractivity contribution < 1.29 is 35.5 Å². The van der Waals surface area contributed by atoms with E-state index in [2.05, 4.69) is 0 Å². The monoisotopic (exact) mass is 675 g/mol. The minimum atomic E-state index is -4.60. The molecule has 244 valence electrons. The van der Waals surface area contributed by atoms with Crippen molar-refractivity contribution in [3.63, 3.8) is 0 Å². The number of hydrogen-bond acceptors (Lipinski definition) is 5. The molecule has 0 saturated heterocycles. The van der Waals surface area contributed by atoms with Crippen molar-refractivity contribution in [1.82, 2.24) is 4.90 Å². The van der Waals surface area contributed by atoms with Gasteiger partial charge in [0.05, 0.1) is 35.5 Å². The molecule has 0 heterocycles. The van der Waals surface area contributed by atoms with E-state index in [9.17, 15) is 26.0 Å². The van der Waals surface area contributed by atoms with Crippen molar-refractivity contribution in [1.29, 1.82) is 0 Å². The Hall–Kier alpha value is -3.86. The maximum atomic E-state index is 14.9.